The molecule has 0 radical (unpaired) electrons. The summed E-state index contributed by atoms with van der Waals surface area (Å²) in [7, 11) is 0. The number of rotatable bonds is 5. The van der Waals surface area contributed by atoms with Gasteiger partial charge >= 0.3 is 0 Å². The summed E-state index contributed by atoms with van der Waals surface area (Å²) in [5.41, 5.74) is 2.95. The number of hydrogen-bond donors (Lipinski definition) is 2. The predicted molar refractivity (Wildman–Crippen MR) is 81.3 cm³/mol. The first-order valence-corrected chi connectivity index (χ1v) is 7.44. The smallest absolute Gasteiger partial charge is 0.251 e. The van der Waals surface area contributed by atoms with Crippen molar-refractivity contribution in [2.75, 3.05) is 25.1 Å². The molecule has 4 heteroatoms. The highest BCUT2D eigenvalue weighted by Gasteiger charge is 2.17. The van der Waals surface area contributed by atoms with Crippen molar-refractivity contribution >= 4 is 11.6 Å². The molecule has 0 atom stereocenters. The van der Waals surface area contributed by atoms with Gasteiger partial charge in [-0.15, -0.1) is 0 Å². The molecular weight excluding hydrogens is 252 g/mol. The molecule has 1 aromatic carbocycles. The van der Waals surface area contributed by atoms with Crippen LogP contribution in [0.15, 0.2) is 18.2 Å². The van der Waals surface area contributed by atoms with Gasteiger partial charge in [-0.3, -0.25) is 4.79 Å². The minimum absolute atomic E-state index is 0.0158. The number of carbonyl (C=O) groups is 1. The summed E-state index contributed by atoms with van der Waals surface area (Å²) in [6, 6.07) is 6.07. The Balaban J connectivity index is 1.97. The molecule has 1 saturated heterocycles. The fourth-order valence-electron chi connectivity index (χ4n) is 2.37. The maximum Gasteiger partial charge on any atom is 0.251 e. The lowest BCUT2D eigenvalue weighted by Gasteiger charge is -2.23. The van der Waals surface area contributed by atoms with E-state index in [4.69, 9.17) is 4.74 Å². The zero-order valence-corrected chi connectivity index (χ0v) is 12.4. The van der Waals surface area contributed by atoms with Crippen molar-refractivity contribution in [3.63, 3.8) is 0 Å². The van der Waals surface area contributed by atoms with E-state index in [0.717, 1.165) is 55.8 Å². The average Bonchev–Trinajstić information content (AvgIpc) is 2.47. The van der Waals surface area contributed by atoms with Gasteiger partial charge in [-0.2, -0.15) is 0 Å². The summed E-state index contributed by atoms with van der Waals surface area (Å²) < 4.78 is 5.30. The van der Waals surface area contributed by atoms with Crippen LogP contribution >= 0.6 is 0 Å². The topological polar surface area (TPSA) is 50.4 Å². The number of amides is 1. The van der Waals surface area contributed by atoms with Gasteiger partial charge in [-0.1, -0.05) is 6.92 Å². The fourth-order valence-corrected chi connectivity index (χ4v) is 2.37. The van der Waals surface area contributed by atoms with E-state index >= 15 is 0 Å². The van der Waals surface area contributed by atoms with Crippen LogP contribution < -0.4 is 10.6 Å². The Morgan fingerprint density at radius 3 is 2.75 bits per heavy atom. The fraction of sp³-hybridized carbons (Fsp3) is 0.562. The monoisotopic (exact) mass is 276 g/mol. The van der Waals surface area contributed by atoms with Gasteiger partial charge in [0.2, 0.25) is 0 Å². The van der Waals surface area contributed by atoms with E-state index < -0.39 is 0 Å². The van der Waals surface area contributed by atoms with Gasteiger partial charge in [-0.25, -0.2) is 0 Å². The molecule has 0 bridgehead atoms. The van der Waals surface area contributed by atoms with Gasteiger partial charge in [0.05, 0.1) is 0 Å². The van der Waals surface area contributed by atoms with E-state index in [9.17, 15) is 4.79 Å². The number of benzene rings is 1. The molecule has 1 fully saturated rings. The van der Waals surface area contributed by atoms with E-state index in [2.05, 4.69) is 17.6 Å². The first-order valence-electron chi connectivity index (χ1n) is 7.44. The molecule has 2 rings (SSSR count). The SMILES string of the molecule is CCCNc1ccc(C(=O)NC2CCOCC2)cc1C. The van der Waals surface area contributed by atoms with Crippen molar-refractivity contribution in [2.45, 2.75) is 39.2 Å². The molecule has 0 saturated carbocycles. The molecule has 110 valence electrons. The summed E-state index contributed by atoms with van der Waals surface area (Å²) in [6.45, 7) is 6.60. The molecule has 1 aliphatic rings. The van der Waals surface area contributed by atoms with Crippen molar-refractivity contribution in [3.05, 3.63) is 29.3 Å². The molecule has 2 N–H and O–H groups in total. The van der Waals surface area contributed by atoms with Gasteiger partial charge in [-0.05, 0) is 49.9 Å². The van der Waals surface area contributed by atoms with Crippen molar-refractivity contribution in [3.8, 4) is 0 Å². The van der Waals surface area contributed by atoms with E-state index in [1.807, 2.05) is 25.1 Å². The summed E-state index contributed by atoms with van der Waals surface area (Å²) in [4.78, 5) is 12.2. The standard InChI is InChI=1S/C16H24N2O2/c1-3-8-17-15-5-4-13(11-12(15)2)16(19)18-14-6-9-20-10-7-14/h4-5,11,14,17H,3,6-10H2,1-2H3,(H,18,19). The largest absolute Gasteiger partial charge is 0.385 e. The number of anilines is 1. The predicted octanol–water partition coefficient (Wildman–Crippen LogP) is 2.73. The molecule has 20 heavy (non-hydrogen) atoms. The molecule has 1 aromatic rings. The number of hydrogen-bond acceptors (Lipinski definition) is 3. The molecule has 1 heterocycles. The highest BCUT2D eigenvalue weighted by Crippen LogP contribution is 2.17. The van der Waals surface area contributed by atoms with Crippen molar-refractivity contribution in [2.24, 2.45) is 0 Å². The molecule has 0 aromatic heterocycles. The van der Waals surface area contributed by atoms with Crippen LogP contribution in [0.5, 0.6) is 0 Å². The zero-order chi connectivity index (χ0) is 14.4. The van der Waals surface area contributed by atoms with Crippen LogP contribution in [0.2, 0.25) is 0 Å². The summed E-state index contributed by atoms with van der Waals surface area (Å²) in [5, 5.41) is 6.45. The third-order valence-corrected chi connectivity index (χ3v) is 3.61. The maximum absolute atomic E-state index is 12.2. The number of carbonyl (C=O) groups excluding carboxylic acids is 1. The molecule has 1 amide bonds. The third-order valence-electron chi connectivity index (χ3n) is 3.61. The van der Waals surface area contributed by atoms with E-state index in [1.54, 1.807) is 0 Å². The van der Waals surface area contributed by atoms with E-state index in [1.165, 1.54) is 0 Å². The Kier molecular flexibility index (Phi) is 5.41. The Bertz CT molecular complexity index is 454. The Hall–Kier alpha value is -1.55. The highest BCUT2D eigenvalue weighted by molar-refractivity contribution is 5.95. The first-order chi connectivity index (χ1) is 9.70. The van der Waals surface area contributed by atoms with Crippen LogP contribution in [-0.4, -0.2) is 31.7 Å². The highest BCUT2D eigenvalue weighted by atomic mass is 16.5. The normalized spacial score (nSPS) is 15.9. The van der Waals surface area contributed by atoms with Crippen molar-refractivity contribution < 1.29 is 9.53 Å². The van der Waals surface area contributed by atoms with Crippen LogP contribution in [-0.2, 0) is 4.74 Å². The van der Waals surface area contributed by atoms with Crippen LogP contribution in [0.4, 0.5) is 5.69 Å². The van der Waals surface area contributed by atoms with E-state index in [0.29, 0.717) is 0 Å². The lowest BCUT2D eigenvalue weighted by atomic mass is 10.1. The average molecular weight is 276 g/mol. The van der Waals surface area contributed by atoms with Crippen LogP contribution in [0, 0.1) is 6.92 Å². The van der Waals surface area contributed by atoms with Gasteiger partial charge in [0, 0.05) is 37.1 Å². The van der Waals surface area contributed by atoms with Gasteiger partial charge in [0.1, 0.15) is 0 Å². The molecule has 0 unspecified atom stereocenters. The number of ether oxygens (including phenoxy) is 1. The van der Waals surface area contributed by atoms with Crippen LogP contribution in [0.1, 0.15) is 42.1 Å². The summed E-state index contributed by atoms with van der Waals surface area (Å²) in [6.07, 6.45) is 2.90. The maximum atomic E-state index is 12.2. The van der Waals surface area contributed by atoms with Gasteiger partial charge < -0.3 is 15.4 Å². The lowest BCUT2D eigenvalue weighted by molar-refractivity contribution is 0.0696. The number of nitrogens with one attached hydrogen (secondary N) is 2. The lowest BCUT2D eigenvalue weighted by Crippen LogP contribution is -2.38. The van der Waals surface area contributed by atoms with Gasteiger partial charge in [0.15, 0.2) is 0 Å². The minimum Gasteiger partial charge on any atom is -0.385 e. The molecule has 1 aliphatic heterocycles. The van der Waals surface area contributed by atoms with Crippen molar-refractivity contribution in [1.29, 1.82) is 0 Å². The molecule has 0 spiro atoms. The van der Waals surface area contributed by atoms with E-state index in [-0.39, 0.29) is 11.9 Å². The molecule has 0 aliphatic carbocycles. The number of aryl methyl sites for hydroxylation is 1. The molecule has 4 nitrogen and oxygen atoms in total. The van der Waals surface area contributed by atoms with Crippen LogP contribution in [0.25, 0.3) is 0 Å². The van der Waals surface area contributed by atoms with Crippen LogP contribution in [0.3, 0.4) is 0 Å². The first kappa shape index (κ1) is 14.9. The quantitative estimate of drug-likeness (QED) is 0.869. The summed E-state index contributed by atoms with van der Waals surface area (Å²) >= 11 is 0. The second kappa shape index (κ2) is 7.29. The minimum atomic E-state index is 0.0158. The summed E-state index contributed by atoms with van der Waals surface area (Å²) in [5.74, 6) is 0.0158. The second-order valence-corrected chi connectivity index (χ2v) is 5.32. The second-order valence-electron chi connectivity index (χ2n) is 5.32. The zero-order valence-electron chi connectivity index (χ0n) is 12.4. The van der Waals surface area contributed by atoms with Crippen molar-refractivity contribution in [1.82, 2.24) is 5.32 Å². The molecular formula is C16H24N2O2. The third kappa shape index (κ3) is 3.97. The Labute approximate surface area is 120 Å². The Morgan fingerprint density at radius 2 is 2.10 bits per heavy atom. The van der Waals surface area contributed by atoms with Gasteiger partial charge in [0.25, 0.3) is 5.91 Å². The Morgan fingerprint density at radius 1 is 1.35 bits per heavy atom.